The van der Waals surface area contributed by atoms with Gasteiger partial charge in [0.25, 0.3) is 5.91 Å². The molecule has 1 aliphatic carbocycles. The van der Waals surface area contributed by atoms with Gasteiger partial charge in [0.05, 0.1) is 6.67 Å². The minimum absolute atomic E-state index is 0.0578. The number of aliphatic imine (C=N–C) groups is 1. The second-order valence-electron chi connectivity index (χ2n) is 7.65. The molecule has 1 saturated carbocycles. The topological polar surface area (TPSA) is 82.0 Å². The second kappa shape index (κ2) is 7.70. The van der Waals surface area contributed by atoms with Gasteiger partial charge >= 0.3 is 6.09 Å². The zero-order chi connectivity index (χ0) is 17.9. The average molecular weight is 353 g/mol. The van der Waals surface area contributed by atoms with E-state index in [0.29, 0.717) is 44.2 Å². The van der Waals surface area contributed by atoms with Crippen molar-refractivity contribution >= 4 is 17.8 Å². The number of piperidine rings is 1. The molecule has 2 heterocycles. The molecule has 0 radical (unpaired) electrons. The minimum atomic E-state index is -0.927. The van der Waals surface area contributed by atoms with Crippen molar-refractivity contribution < 1.29 is 19.1 Å². The number of carbonyl (C=O) groups is 2. The molecule has 140 valence electrons. The smallest absolute Gasteiger partial charge is 0.407 e. The molecule has 1 spiro atoms. The molecule has 0 unspecified atom stereocenters. The quantitative estimate of drug-likeness (QED) is 0.746. The fourth-order valence-electron chi connectivity index (χ4n) is 4.39. The van der Waals surface area contributed by atoms with Gasteiger partial charge in [0.1, 0.15) is 11.4 Å². The van der Waals surface area contributed by atoms with E-state index in [-0.39, 0.29) is 12.6 Å². The van der Waals surface area contributed by atoms with E-state index in [9.17, 15) is 14.0 Å². The monoisotopic (exact) mass is 353 g/mol. The maximum atomic E-state index is 12.5. The second-order valence-corrected chi connectivity index (χ2v) is 7.65. The van der Waals surface area contributed by atoms with Crippen LogP contribution < -0.4 is 5.32 Å². The molecule has 1 saturated heterocycles. The summed E-state index contributed by atoms with van der Waals surface area (Å²) in [6, 6.07) is 0. The van der Waals surface area contributed by atoms with Crippen LogP contribution in [0.2, 0.25) is 0 Å². The largest absolute Gasteiger partial charge is 0.465 e. The Balaban J connectivity index is 1.54. The van der Waals surface area contributed by atoms with Crippen LogP contribution in [-0.2, 0) is 4.79 Å². The van der Waals surface area contributed by atoms with Crippen LogP contribution in [0.25, 0.3) is 0 Å². The minimum Gasteiger partial charge on any atom is -0.465 e. The number of amides is 2. The van der Waals surface area contributed by atoms with Gasteiger partial charge in [-0.05, 0) is 50.9 Å². The number of hydrogen-bond donors (Lipinski definition) is 2. The first-order valence-electron chi connectivity index (χ1n) is 9.49. The number of carboxylic acid groups (broad SMARTS) is 1. The third-order valence-corrected chi connectivity index (χ3v) is 6.09. The molecule has 2 N–H and O–H groups in total. The standard InChI is InChI=1S/C18H28FN3O3/c19-10-2-1-3-13-4-6-14(7-5-13)15-20-16(23)18(21-15)8-11-22(12-9-18)17(24)25/h13-14H,1-12H2,(H,24,25)(H,20,21,23). The molecule has 2 fully saturated rings. The van der Waals surface area contributed by atoms with Gasteiger partial charge in [0.2, 0.25) is 0 Å². The fraction of sp³-hybridized carbons (Fsp3) is 0.833. The number of alkyl halides is 1. The van der Waals surface area contributed by atoms with E-state index >= 15 is 0 Å². The molecule has 2 aliphatic heterocycles. The molecule has 0 atom stereocenters. The maximum Gasteiger partial charge on any atom is 0.407 e. The van der Waals surface area contributed by atoms with Crippen LogP contribution in [-0.4, -0.2) is 53.1 Å². The lowest BCUT2D eigenvalue weighted by Gasteiger charge is -2.33. The molecule has 6 nitrogen and oxygen atoms in total. The van der Waals surface area contributed by atoms with Crippen molar-refractivity contribution in [3.8, 4) is 0 Å². The SMILES string of the molecule is O=C(O)N1CCC2(CC1)N=C(C1CCC(CCCCF)CC1)NC2=O. The first kappa shape index (κ1) is 18.1. The van der Waals surface area contributed by atoms with Crippen LogP contribution in [0.4, 0.5) is 9.18 Å². The van der Waals surface area contributed by atoms with E-state index < -0.39 is 11.6 Å². The number of nitrogens with zero attached hydrogens (tertiary/aromatic N) is 2. The predicted molar refractivity (Wildman–Crippen MR) is 92.4 cm³/mol. The highest BCUT2D eigenvalue weighted by atomic mass is 19.1. The molecule has 7 heteroatoms. The van der Waals surface area contributed by atoms with Crippen molar-refractivity contribution in [2.24, 2.45) is 16.8 Å². The van der Waals surface area contributed by atoms with Gasteiger partial charge in [-0.3, -0.25) is 14.2 Å². The molecule has 3 rings (SSSR count). The van der Waals surface area contributed by atoms with E-state index in [2.05, 4.69) is 5.32 Å². The van der Waals surface area contributed by atoms with Crippen LogP contribution in [0.5, 0.6) is 0 Å². The van der Waals surface area contributed by atoms with Gasteiger partial charge in [0, 0.05) is 19.0 Å². The molecule has 0 aromatic heterocycles. The highest BCUT2D eigenvalue weighted by molar-refractivity contribution is 6.09. The van der Waals surface area contributed by atoms with E-state index in [1.807, 2.05) is 0 Å². The summed E-state index contributed by atoms with van der Waals surface area (Å²) in [6.07, 6.45) is 7.02. The number of nitrogens with one attached hydrogen (secondary N) is 1. The first-order chi connectivity index (χ1) is 12.0. The third-order valence-electron chi connectivity index (χ3n) is 6.09. The Kier molecular flexibility index (Phi) is 5.59. The Bertz CT molecular complexity index is 536. The zero-order valence-corrected chi connectivity index (χ0v) is 14.7. The van der Waals surface area contributed by atoms with Crippen molar-refractivity contribution in [1.82, 2.24) is 10.2 Å². The van der Waals surface area contributed by atoms with E-state index in [4.69, 9.17) is 10.1 Å². The lowest BCUT2D eigenvalue weighted by atomic mass is 9.79. The number of carbonyl (C=O) groups excluding carboxylic acids is 1. The lowest BCUT2D eigenvalue weighted by Crippen LogP contribution is -2.50. The van der Waals surface area contributed by atoms with Gasteiger partial charge in [0.15, 0.2) is 0 Å². The number of likely N-dealkylation sites (tertiary alicyclic amines) is 1. The number of unbranched alkanes of at least 4 members (excludes halogenated alkanes) is 1. The molecular formula is C18H28FN3O3. The highest BCUT2D eigenvalue weighted by Crippen LogP contribution is 2.36. The molecule has 25 heavy (non-hydrogen) atoms. The number of amidine groups is 1. The van der Waals surface area contributed by atoms with Crippen molar-refractivity contribution in [2.75, 3.05) is 19.8 Å². The Morgan fingerprint density at radius 3 is 2.52 bits per heavy atom. The predicted octanol–water partition coefficient (Wildman–Crippen LogP) is 2.97. The molecule has 2 amide bonds. The van der Waals surface area contributed by atoms with Gasteiger partial charge in [-0.1, -0.05) is 12.8 Å². The van der Waals surface area contributed by atoms with Crippen LogP contribution in [0.3, 0.4) is 0 Å². The summed E-state index contributed by atoms with van der Waals surface area (Å²) >= 11 is 0. The summed E-state index contributed by atoms with van der Waals surface area (Å²) in [5.41, 5.74) is -0.751. The van der Waals surface area contributed by atoms with Crippen molar-refractivity contribution in [3.05, 3.63) is 0 Å². The Labute approximate surface area is 147 Å². The summed E-state index contributed by atoms with van der Waals surface area (Å²) in [5.74, 6) is 1.74. The first-order valence-corrected chi connectivity index (χ1v) is 9.49. The molecule has 0 bridgehead atoms. The van der Waals surface area contributed by atoms with E-state index in [1.54, 1.807) is 0 Å². The Hall–Kier alpha value is -1.66. The number of hydrogen-bond acceptors (Lipinski definition) is 3. The van der Waals surface area contributed by atoms with Gasteiger partial charge in [-0.2, -0.15) is 0 Å². The molecule has 0 aromatic rings. The third kappa shape index (κ3) is 3.96. The zero-order valence-electron chi connectivity index (χ0n) is 14.7. The van der Waals surface area contributed by atoms with Crippen LogP contribution in [0, 0.1) is 11.8 Å². The summed E-state index contributed by atoms with van der Waals surface area (Å²) in [4.78, 5) is 29.7. The van der Waals surface area contributed by atoms with Gasteiger partial charge in [-0.25, -0.2) is 4.79 Å². The maximum absolute atomic E-state index is 12.5. The fourth-order valence-corrected chi connectivity index (χ4v) is 4.39. The summed E-state index contributed by atoms with van der Waals surface area (Å²) in [5, 5.41) is 12.1. The van der Waals surface area contributed by atoms with E-state index in [0.717, 1.165) is 44.4 Å². The lowest BCUT2D eigenvalue weighted by molar-refractivity contribution is -0.125. The van der Waals surface area contributed by atoms with Crippen LogP contribution >= 0.6 is 0 Å². The Morgan fingerprint density at radius 1 is 1.24 bits per heavy atom. The van der Waals surface area contributed by atoms with Gasteiger partial charge < -0.3 is 15.3 Å². The molecule has 3 aliphatic rings. The molecule has 0 aromatic carbocycles. The van der Waals surface area contributed by atoms with Crippen molar-refractivity contribution in [2.45, 2.75) is 63.3 Å². The number of halogens is 1. The van der Waals surface area contributed by atoms with Crippen molar-refractivity contribution in [1.29, 1.82) is 0 Å². The van der Waals surface area contributed by atoms with Gasteiger partial charge in [-0.15, -0.1) is 0 Å². The number of rotatable bonds is 5. The Morgan fingerprint density at radius 2 is 1.92 bits per heavy atom. The summed E-state index contributed by atoms with van der Waals surface area (Å²) < 4.78 is 12.2. The summed E-state index contributed by atoms with van der Waals surface area (Å²) in [6.45, 7) is 0.501. The van der Waals surface area contributed by atoms with Crippen molar-refractivity contribution in [3.63, 3.8) is 0 Å². The normalized spacial score (nSPS) is 28.8. The average Bonchev–Trinajstić information content (AvgIpc) is 2.92. The highest BCUT2D eigenvalue weighted by Gasteiger charge is 2.47. The molecular weight excluding hydrogens is 325 g/mol. The van der Waals surface area contributed by atoms with E-state index in [1.165, 1.54) is 4.90 Å². The van der Waals surface area contributed by atoms with Crippen LogP contribution in [0.15, 0.2) is 4.99 Å². The summed E-state index contributed by atoms with van der Waals surface area (Å²) in [7, 11) is 0. The van der Waals surface area contributed by atoms with Crippen LogP contribution in [0.1, 0.15) is 57.8 Å².